The molecule has 0 atom stereocenters. The van der Waals surface area contributed by atoms with Crippen molar-refractivity contribution in [2.75, 3.05) is 0 Å². The van der Waals surface area contributed by atoms with E-state index in [1.54, 1.807) is 54.7 Å². The van der Waals surface area contributed by atoms with Gasteiger partial charge < -0.3 is 14.5 Å². The van der Waals surface area contributed by atoms with Crippen LogP contribution in [0.25, 0.3) is 11.7 Å². The van der Waals surface area contributed by atoms with Gasteiger partial charge in [0.2, 0.25) is 5.88 Å². The third kappa shape index (κ3) is 4.79. The number of amides is 1. The lowest BCUT2D eigenvalue weighted by molar-refractivity contribution is -0.117. The fraction of sp³-hybridized carbons (Fsp3) is 0.0833. The van der Waals surface area contributed by atoms with Crippen molar-refractivity contribution in [3.05, 3.63) is 98.8 Å². The van der Waals surface area contributed by atoms with Crippen LogP contribution in [0.4, 0.5) is 0 Å². The summed E-state index contributed by atoms with van der Waals surface area (Å²) in [5.41, 5.74) is 0.303. The highest BCUT2D eigenvalue weighted by atomic mass is 35.5. The first-order valence-electron chi connectivity index (χ1n) is 9.84. The van der Waals surface area contributed by atoms with Crippen molar-refractivity contribution < 1.29 is 13.9 Å². The third-order valence-electron chi connectivity index (χ3n) is 4.74. The average Bonchev–Trinajstić information content (AvgIpc) is 3.34. The smallest absolute Gasteiger partial charge is 0.269 e. The monoisotopic (exact) mass is 460 g/mol. The number of aryl methyl sites for hydroxylation is 1. The largest absolute Gasteiger partial charge is 0.467 e. The molecule has 1 aromatic carbocycles. The summed E-state index contributed by atoms with van der Waals surface area (Å²) in [5.74, 6) is 0.217. The van der Waals surface area contributed by atoms with Crippen LogP contribution in [0.2, 0.25) is 5.02 Å². The van der Waals surface area contributed by atoms with Crippen molar-refractivity contribution in [1.29, 1.82) is 5.26 Å². The number of nitrogens with one attached hydrogen (secondary N) is 1. The van der Waals surface area contributed by atoms with Crippen LogP contribution in [0.1, 0.15) is 16.9 Å². The van der Waals surface area contributed by atoms with E-state index >= 15 is 0 Å². The lowest BCUT2D eigenvalue weighted by Gasteiger charge is -2.11. The molecular weight excluding hydrogens is 444 g/mol. The number of carbonyl (C=O) groups excluding carboxylic acids is 1. The molecule has 0 bridgehead atoms. The molecule has 3 heterocycles. The zero-order valence-electron chi connectivity index (χ0n) is 17.4. The van der Waals surface area contributed by atoms with Gasteiger partial charge in [-0.1, -0.05) is 17.7 Å². The minimum absolute atomic E-state index is 0.0421. The molecule has 0 saturated carbocycles. The van der Waals surface area contributed by atoms with Gasteiger partial charge in [0.15, 0.2) is 0 Å². The molecule has 0 saturated heterocycles. The second-order valence-electron chi connectivity index (χ2n) is 7.01. The van der Waals surface area contributed by atoms with E-state index in [1.165, 1.54) is 16.7 Å². The molecule has 4 rings (SSSR count). The second kappa shape index (κ2) is 9.42. The van der Waals surface area contributed by atoms with Gasteiger partial charge >= 0.3 is 0 Å². The van der Waals surface area contributed by atoms with E-state index < -0.39 is 11.5 Å². The third-order valence-corrected chi connectivity index (χ3v) is 5.16. The Hall–Kier alpha value is -4.35. The van der Waals surface area contributed by atoms with Crippen molar-refractivity contribution >= 4 is 29.2 Å². The Morgan fingerprint density at radius 2 is 2.15 bits per heavy atom. The molecule has 8 nitrogen and oxygen atoms in total. The summed E-state index contributed by atoms with van der Waals surface area (Å²) in [6.07, 6.45) is 4.19. The van der Waals surface area contributed by atoms with Gasteiger partial charge in [0.1, 0.15) is 34.4 Å². The number of nitriles is 1. The van der Waals surface area contributed by atoms with E-state index in [0.717, 1.165) is 5.56 Å². The van der Waals surface area contributed by atoms with Crippen LogP contribution < -0.4 is 15.6 Å². The highest BCUT2D eigenvalue weighted by molar-refractivity contribution is 6.31. The average molecular weight is 461 g/mol. The summed E-state index contributed by atoms with van der Waals surface area (Å²) >= 11 is 6.09. The molecule has 0 aliphatic heterocycles. The minimum atomic E-state index is -0.667. The number of pyridine rings is 1. The quantitative estimate of drug-likeness (QED) is 0.340. The highest BCUT2D eigenvalue weighted by Gasteiger charge is 2.17. The van der Waals surface area contributed by atoms with Gasteiger partial charge in [-0.3, -0.25) is 14.0 Å². The maximum Gasteiger partial charge on any atom is 0.269 e. The molecule has 0 radical (unpaired) electrons. The highest BCUT2D eigenvalue weighted by Crippen LogP contribution is 2.27. The van der Waals surface area contributed by atoms with Crippen LogP contribution in [0.3, 0.4) is 0 Å². The Balaban J connectivity index is 1.76. The summed E-state index contributed by atoms with van der Waals surface area (Å²) in [7, 11) is 0. The maximum atomic E-state index is 13.2. The molecular formula is C24H17ClN4O4. The van der Waals surface area contributed by atoms with Gasteiger partial charge in [0.25, 0.3) is 11.5 Å². The fourth-order valence-corrected chi connectivity index (χ4v) is 3.16. The molecule has 1 amide bonds. The molecule has 3 aromatic heterocycles. The molecule has 0 unspecified atom stereocenters. The van der Waals surface area contributed by atoms with Crippen molar-refractivity contribution in [3.8, 4) is 17.7 Å². The predicted molar refractivity (Wildman–Crippen MR) is 122 cm³/mol. The standard InChI is InChI=1S/C24H17ClN4O4/c1-15-11-17(7-8-20(15)25)33-23-19(24(31)29-9-3-2-6-21(29)28-23)12-16(13-26)22(30)27-14-18-5-4-10-32-18/h2-12H,14H2,1H3,(H,27,30)/b16-12+. The first-order chi connectivity index (χ1) is 16.0. The Morgan fingerprint density at radius 3 is 2.88 bits per heavy atom. The minimum Gasteiger partial charge on any atom is -0.467 e. The van der Waals surface area contributed by atoms with Gasteiger partial charge in [-0.25, -0.2) is 0 Å². The summed E-state index contributed by atoms with van der Waals surface area (Å²) in [4.78, 5) is 30.2. The molecule has 0 spiro atoms. The Kier molecular flexibility index (Phi) is 6.24. The van der Waals surface area contributed by atoms with E-state index in [1.807, 2.05) is 13.0 Å². The van der Waals surface area contributed by atoms with E-state index in [2.05, 4.69) is 10.3 Å². The predicted octanol–water partition coefficient (Wildman–Crippen LogP) is 4.27. The summed E-state index contributed by atoms with van der Waals surface area (Å²) in [5, 5.41) is 12.7. The van der Waals surface area contributed by atoms with E-state index in [4.69, 9.17) is 20.8 Å². The first kappa shape index (κ1) is 21.9. The molecule has 0 aliphatic carbocycles. The topological polar surface area (TPSA) is 110 Å². The maximum absolute atomic E-state index is 13.2. The molecule has 164 valence electrons. The number of ether oxygens (including phenoxy) is 1. The zero-order valence-corrected chi connectivity index (χ0v) is 18.2. The number of rotatable bonds is 6. The number of furan rings is 1. The molecule has 0 aliphatic rings. The number of benzene rings is 1. The number of hydrogen-bond donors (Lipinski definition) is 1. The van der Waals surface area contributed by atoms with Gasteiger partial charge in [-0.15, -0.1) is 0 Å². The Morgan fingerprint density at radius 1 is 1.30 bits per heavy atom. The van der Waals surface area contributed by atoms with Crippen LogP contribution in [0.15, 0.2) is 75.8 Å². The molecule has 4 aromatic rings. The number of fused-ring (bicyclic) bond motifs is 1. The number of aromatic nitrogens is 2. The lowest BCUT2D eigenvalue weighted by Crippen LogP contribution is -2.24. The SMILES string of the molecule is Cc1cc(Oc2nc3ccccn3c(=O)c2/C=C(\C#N)C(=O)NCc2ccco2)ccc1Cl. The molecule has 1 N–H and O–H groups in total. The first-order valence-corrected chi connectivity index (χ1v) is 10.2. The summed E-state index contributed by atoms with van der Waals surface area (Å²) in [6, 6.07) is 15.3. The summed E-state index contributed by atoms with van der Waals surface area (Å²) in [6.45, 7) is 1.91. The van der Waals surface area contributed by atoms with Crippen LogP contribution >= 0.6 is 11.6 Å². The molecule has 0 fully saturated rings. The van der Waals surface area contributed by atoms with Crippen LogP contribution in [-0.4, -0.2) is 15.3 Å². The van der Waals surface area contributed by atoms with Gasteiger partial charge in [0.05, 0.1) is 12.8 Å². The normalized spacial score (nSPS) is 11.2. The van der Waals surface area contributed by atoms with Crippen LogP contribution in [-0.2, 0) is 11.3 Å². The van der Waals surface area contributed by atoms with Crippen molar-refractivity contribution in [2.45, 2.75) is 13.5 Å². The fourth-order valence-electron chi connectivity index (χ4n) is 3.04. The molecule has 9 heteroatoms. The number of halogens is 1. The van der Waals surface area contributed by atoms with Crippen molar-refractivity contribution in [2.24, 2.45) is 0 Å². The zero-order chi connectivity index (χ0) is 23.4. The van der Waals surface area contributed by atoms with E-state index in [0.29, 0.717) is 22.2 Å². The van der Waals surface area contributed by atoms with E-state index in [-0.39, 0.29) is 23.6 Å². The van der Waals surface area contributed by atoms with Gasteiger partial charge in [-0.2, -0.15) is 10.2 Å². The lowest BCUT2D eigenvalue weighted by atomic mass is 10.1. The van der Waals surface area contributed by atoms with Crippen molar-refractivity contribution in [3.63, 3.8) is 0 Å². The number of nitrogens with zero attached hydrogens (tertiary/aromatic N) is 3. The van der Waals surface area contributed by atoms with Gasteiger partial charge in [0, 0.05) is 11.2 Å². The van der Waals surface area contributed by atoms with Crippen molar-refractivity contribution in [1.82, 2.24) is 14.7 Å². The second-order valence-corrected chi connectivity index (χ2v) is 7.42. The number of carbonyl (C=O) groups is 1. The number of hydrogen-bond acceptors (Lipinski definition) is 6. The van der Waals surface area contributed by atoms with Crippen LogP contribution in [0, 0.1) is 18.3 Å². The van der Waals surface area contributed by atoms with Gasteiger partial charge in [-0.05, 0) is 61.0 Å². The van der Waals surface area contributed by atoms with E-state index in [9.17, 15) is 14.9 Å². The molecule has 33 heavy (non-hydrogen) atoms. The van der Waals surface area contributed by atoms with Crippen LogP contribution in [0.5, 0.6) is 11.6 Å². The summed E-state index contributed by atoms with van der Waals surface area (Å²) < 4.78 is 12.4. The Labute approximate surface area is 193 Å². The Bertz CT molecular complexity index is 1470.